The van der Waals surface area contributed by atoms with Crippen LogP contribution in [0, 0.1) is 11.8 Å². The van der Waals surface area contributed by atoms with Gasteiger partial charge in [-0.2, -0.15) is 0 Å². The lowest BCUT2D eigenvalue weighted by molar-refractivity contribution is -0.164. The number of benzene rings is 1. The van der Waals surface area contributed by atoms with Gasteiger partial charge in [0.2, 0.25) is 17.7 Å². The molecule has 7 atom stereocenters. The number of amides is 3. The molecule has 1 saturated carbocycles. The van der Waals surface area contributed by atoms with Gasteiger partial charge in [-0.1, -0.05) is 73.9 Å². The van der Waals surface area contributed by atoms with Crippen LogP contribution in [0.15, 0.2) is 54.6 Å². The number of hydrogen-bond donors (Lipinski definition) is 1. The van der Waals surface area contributed by atoms with Crippen molar-refractivity contribution in [3.8, 4) is 0 Å². The van der Waals surface area contributed by atoms with Gasteiger partial charge >= 0.3 is 5.97 Å². The minimum absolute atomic E-state index is 0.0396. The van der Waals surface area contributed by atoms with E-state index in [1.807, 2.05) is 60.4 Å². The molecule has 4 aliphatic heterocycles. The molecular formula is C34H43N3O7. The second kappa shape index (κ2) is 12.5. The Bertz CT molecular complexity index is 1330. The van der Waals surface area contributed by atoms with Crippen LogP contribution in [0.25, 0.3) is 0 Å². The van der Waals surface area contributed by atoms with Crippen molar-refractivity contribution in [2.45, 2.75) is 87.8 Å². The Kier molecular flexibility index (Phi) is 8.66. The molecule has 1 aromatic rings. The van der Waals surface area contributed by atoms with Crippen molar-refractivity contribution in [1.82, 2.24) is 14.7 Å². The third-order valence-corrected chi connectivity index (χ3v) is 10.3. The number of carbonyl (C=O) groups excluding carboxylic acids is 4. The van der Waals surface area contributed by atoms with E-state index in [0.29, 0.717) is 13.0 Å². The van der Waals surface area contributed by atoms with Crippen molar-refractivity contribution in [1.29, 1.82) is 0 Å². The molecule has 10 nitrogen and oxygen atoms in total. The number of aliphatic hydroxyl groups is 1. The summed E-state index contributed by atoms with van der Waals surface area (Å²) in [5, 5.41) is 9.98. The second-order valence-electron chi connectivity index (χ2n) is 12.8. The predicted molar refractivity (Wildman–Crippen MR) is 161 cm³/mol. The lowest BCUT2D eigenvalue weighted by atomic mass is 9.77. The number of rotatable bonds is 4. The normalized spacial score (nSPS) is 35.8. The van der Waals surface area contributed by atoms with Crippen molar-refractivity contribution < 1.29 is 33.8 Å². The minimum Gasteiger partial charge on any atom is -0.455 e. The molecule has 6 rings (SSSR count). The first kappa shape index (κ1) is 30.5. The van der Waals surface area contributed by atoms with Crippen molar-refractivity contribution >= 4 is 23.7 Å². The van der Waals surface area contributed by atoms with Gasteiger partial charge < -0.3 is 29.3 Å². The average Bonchev–Trinajstić information content (AvgIpc) is 3.42. The van der Waals surface area contributed by atoms with E-state index in [-0.39, 0.29) is 37.4 Å². The molecule has 236 valence electrons. The topological polar surface area (TPSA) is 117 Å². The Morgan fingerprint density at radius 1 is 1.00 bits per heavy atom. The van der Waals surface area contributed by atoms with Gasteiger partial charge in [0.1, 0.15) is 23.7 Å². The van der Waals surface area contributed by atoms with E-state index >= 15 is 0 Å². The number of cyclic esters (lactones) is 1. The molecule has 3 fully saturated rings. The summed E-state index contributed by atoms with van der Waals surface area (Å²) in [6.45, 7) is 1.89. The van der Waals surface area contributed by atoms with E-state index in [1.54, 1.807) is 18.0 Å². The van der Waals surface area contributed by atoms with E-state index in [4.69, 9.17) is 9.47 Å². The number of likely N-dealkylation sites (tertiary alicyclic amines) is 1. The zero-order valence-corrected chi connectivity index (χ0v) is 25.5. The maximum Gasteiger partial charge on any atom is 0.313 e. The number of allylic oxidation sites excluding steroid dienone is 1. The maximum atomic E-state index is 14.4. The van der Waals surface area contributed by atoms with E-state index in [2.05, 4.69) is 0 Å². The van der Waals surface area contributed by atoms with Crippen molar-refractivity contribution in [3.05, 3.63) is 60.2 Å². The summed E-state index contributed by atoms with van der Waals surface area (Å²) in [4.78, 5) is 61.0. The van der Waals surface area contributed by atoms with Crippen LogP contribution in [0.3, 0.4) is 0 Å². The molecule has 3 amide bonds. The Morgan fingerprint density at radius 2 is 1.75 bits per heavy atom. The van der Waals surface area contributed by atoms with Crippen LogP contribution in [0.1, 0.15) is 63.5 Å². The molecule has 0 aromatic heterocycles. The Balaban J connectivity index is 1.41. The minimum atomic E-state index is -1.40. The quantitative estimate of drug-likeness (QED) is 0.415. The summed E-state index contributed by atoms with van der Waals surface area (Å²) in [6.07, 6.45) is 11.4. The number of ether oxygens (including phenoxy) is 2. The number of fused-ring (bicyclic) bond motifs is 2. The first-order valence-corrected chi connectivity index (χ1v) is 16.0. The van der Waals surface area contributed by atoms with E-state index in [1.165, 1.54) is 4.90 Å². The molecule has 1 N–H and O–H groups in total. The zero-order chi connectivity index (χ0) is 31.0. The van der Waals surface area contributed by atoms with Crippen LogP contribution < -0.4 is 0 Å². The highest BCUT2D eigenvalue weighted by Crippen LogP contribution is 2.53. The van der Waals surface area contributed by atoms with Crippen LogP contribution in [0.5, 0.6) is 0 Å². The summed E-state index contributed by atoms with van der Waals surface area (Å²) in [5.41, 5.74) is -0.664. The Labute approximate surface area is 258 Å². The van der Waals surface area contributed by atoms with Gasteiger partial charge in [0, 0.05) is 32.6 Å². The summed E-state index contributed by atoms with van der Waals surface area (Å²) in [6, 6.07) is 7.87. The molecule has 4 heterocycles. The van der Waals surface area contributed by atoms with E-state index in [9.17, 15) is 24.3 Å². The van der Waals surface area contributed by atoms with Gasteiger partial charge in [-0.3, -0.25) is 19.2 Å². The number of nitrogens with zero attached hydrogens (tertiary/aromatic N) is 3. The summed E-state index contributed by atoms with van der Waals surface area (Å²) < 4.78 is 13.0. The van der Waals surface area contributed by atoms with Gasteiger partial charge in [-0.25, -0.2) is 0 Å². The third kappa shape index (κ3) is 5.15. The molecule has 10 heteroatoms. The lowest BCUT2D eigenvalue weighted by Crippen LogP contribution is -2.57. The molecule has 44 heavy (non-hydrogen) atoms. The average molecular weight is 606 g/mol. The molecule has 2 saturated heterocycles. The lowest BCUT2D eigenvalue weighted by Gasteiger charge is -2.39. The highest BCUT2D eigenvalue weighted by Gasteiger charge is 2.72. The zero-order valence-electron chi connectivity index (χ0n) is 25.5. The van der Waals surface area contributed by atoms with Gasteiger partial charge in [0.15, 0.2) is 0 Å². The number of hydrogen-bond acceptors (Lipinski definition) is 7. The highest BCUT2D eigenvalue weighted by atomic mass is 16.6. The summed E-state index contributed by atoms with van der Waals surface area (Å²) in [5.74, 6) is -3.33. The van der Waals surface area contributed by atoms with Gasteiger partial charge in [-0.15, -0.1) is 0 Å². The molecule has 0 unspecified atom stereocenters. The van der Waals surface area contributed by atoms with Crippen LogP contribution in [0.4, 0.5) is 0 Å². The first-order chi connectivity index (χ1) is 21.3. The van der Waals surface area contributed by atoms with Gasteiger partial charge in [-0.05, 0) is 31.7 Å². The standard InChI is InChI=1S/C34H43N3O7/c1-22-29(23-12-5-3-6-13-23)43-33(42)27-25(16-9-10-17-26(39)35(22)2)44-34-18-11-19-36(24-14-7-4-8-15-24)32(41)30(34)37(20-21-38)31(40)28(27)34/h3,5-6,9,11-13,16,18,22,24-25,27-30,38H,4,7-8,10,14-15,17,19-21H2,1-2H3/b16-9-/t22-,25-,27+,28+,29+,30-,34+/m1/s1. The number of carbonyl (C=O) groups is 4. The molecular weight excluding hydrogens is 562 g/mol. The Hall–Kier alpha value is -3.50. The summed E-state index contributed by atoms with van der Waals surface area (Å²) >= 11 is 0. The molecule has 1 spiro atoms. The van der Waals surface area contributed by atoms with Gasteiger partial charge in [0.25, 0.3) is 0 Å². The van der Waals surface area contributed by atoms with Crippen LogP contribution in [0.2, 0.25) is 0 Å². The third-order valence-electron chi connectivity index (χ3n) is 10.3. The summed E-state index contributed by atoms with van der Waals surface area (Å²) in [7, 11) is 1.71. The predicted octanol–water partition coefficient (Wildman–Crippen LogP) is 2.77. The van der Waals surface area contributed by atoms with Crippen LogP contribution in [-0.4, -0.2) is 100 Å². The van der Waals surface area contributed by atoms with Crippen molar-refractivity contribution in [2.24, 2.45) is 11.8 Å². The fourth-order valence-electron chi connectivity index (χ4n) is 7.97. The van der Waals surface area contributed by atoms with E-state index in [0.717, 1.165) is 37.7 Å². The highest BCUT2D eigenvalue weighted by molar-refractivity contribution is 5.99. The monoisotopic (exact) mass is 605 g/mol. The fraction of sp³-hybridized carbons (Fsp3) is 0.588. The maximum absolute atomic E-state index is 14.4. The number of esters is 1. The smallest absolute Gasteiger partial charge is 0.313 e. The van der Waals surface area contributed by atoms with Crippen LogP contribution in [-0.2, 0) is 28.7 Å². The number of likely N-dealkylation sites (N-methyl/N-ethyl adjacent to an activating group) is 1. The molecule has 0 radical (unpaired) electrons. The second-order valence-corrected chi connectivity index (χ2v) is 12.8. The van der Waals surface area contributed by atoms with E-state index < -0.39 is 53.6 Å². The first-order valence-electron chi connectivity index (χ1n) is 16.0. The molecule has 5 aliphatic rings. The number of β-amino-alcohol motifs (C(OH)–C–C–N with tert-alkyl or cyclic N) is 1. The molecule has 1 aromatic carbocycles. The SMILES string of the molecule is C[C@@H]1[C@@H](c2ccccc2)OC(=O)[C@@H]2[C@H]3C(=O)N(CCO)[C@@H]4C(=O)N(C5CCCCC5)CC=C[C@]34O[C@@H]2/C=C\CCC(=O)N1C. The van der Waals surface area contributed by atoms with Crippen LogP contribution >= 0.6 is 0 Å². The van der Waals surface area contributed by atoms with Crippen molar-refractivity contribution in [3.63, 3.8) is 0 Å². The Morgan fingerprint density at radius 3 is 2.48 bits per heavy atom. The molecule has 1 aliphatic carbocycles. The molecule has 0 bridgehead atoms. The largest absolute Gasteiger partial charge is 0.455 e. The number of aliphatic hydroxyl groups excluding tert-OH is 1. The van der Waals surface area contributed by atoms with Gasteiger partial charge in [0.05, 0.1) is 24.7 Å². The van der Waals surface area contributed by atoms with Crippen molar-refractivity contribution in [2.75, 3.05) is 26.7 Å². The fourth-order valence-corrected chi connectivity index (χ4v) is 7.97.